The summed E-state index contributed by atoms with van der Waals surface area (Å²) in [5.41, 5.74) is 0.936. The molecule has 18 heavy (non-hydrogen) atoms. The Balaban J connectivity index is 2.17. The van der Waals surface area contributed by atoms with Gasteiger partial charge in [-0.05, 0) is 48.2 Å². The van der Waals surface area contributed by atoms with Crippen molar-refractivity contribution < 1.29 is 0 Å². The third kappa shape index (κ3) is 3.15. The van der Waals surface area contributed by atoms with Crippen LogP contribution >= 0.6 is 7.92 Å². The number of hydrogen-bond acceptors (Lipinski definition) is 0. The molecule has 1 saturated carbocycles. The fourth-order valence-electron chi connectivity index (χ4n) is 3.45. The average Bonchev–Trinajstić information content (AvgIpc) is 2.38. The summed E-state index contributed by atoms with van der Waals surface area (Å²) in [7, 11) is 0.00778. The molecule has 0 saturated heterocycles. The average molecular weight is 262 g/mol. The summed E-state index contributed by atoms with van der Waals surface area (Å²) in [6, 6.07) is 11.2. The molecule has 0 N–H and O–H groups in total. The minimum absolute atomic E-state index is 0.00778. The van der Waals surface area contributed by atoms with E-state index in [1.165, 1.54) is 19.3 Å². The molecule has 1 fully saturated rings. The van der Waals surface area contributed by atoms with Crippen LogP contribution in [0.25, 0.3) is 0 Å². The van der Waals surface area contributed by atoms with E-state index in [1.807, 2.05) is 0 Å². The van der Waals surface area contributed by atoms with Crippen molar-refractivity contribution in [3.63, 3.8) is 0 Å². The fourth-order valence-corrected chi connectivity index (χ4v) is 6.22. The first-order valence-corrected chi connectivity index (χ1v) is 9.23. The predicted octanol–water partition coefficient (Wildman–Crippen LogP) is 4.88. The van der Waals surface area contributed by atoms with Crippen LogP contribution < -0.4 is 5.30 Å². The zero-order valence-electron chi connectivity index (χ0n) is 12.3. The van der Waals surface area contributed by atoms with E-state index < -0.39 is 0 Å². The molecule has 0 radical (unpaired) electrons. The lowest BCUT2D eigenvalue weighted by Gasteiger charge is -2.41. The largest absolute Gasteiger partial charge is 0.0750 e. The molecule has 0 amide bonds. The Hall–Kier alpha value is -0.350. The lowest BCUT2D eigenvalue weighted by molar-refractivity contribution is 0.242. The molecule has 1 aromatic rings. The predicted molar refractivity (Wildman–Crippen MR) is 84.1 cm³/mol. The van der Waals surface area contributed by atoms with Crippen LogP contribution in [0.5, 0.6) is 0 Å². The third-order valence-corrected chi connectivity index (χ3v) is 7.35. The monoisotopic (exact) mass is 262 g/mol. The van der Waals surface area contributed by atoms with Crippen LogP contribution in [0, 0.1) is 17.8 Å². The molecular formula is C17H27P. The van der Waals surface area contributed by atoms with Crippen molar-refractivity contribution in [3.8, 4) is 0 Å². The van der Waals surface area contributed by atoms with Crippen LogP contribution in [0.4, 0.5) is 0 Å². The van der Waals surface area contributed by atoms with Crippen molar-refractivity contribution >= 4 is 13.2 Å². The normalized spacial score (nSPS) is 30.4. The van der Waals surface area contributed by atoms with E-state index in [1.54, 1.807) is 5.30 Å². The zero-order chi connectivity index (χ0) is 13.1. The van der Waals surface area contributed by atoms with Crippen LogP contribution in [-0.2, 0) is 0 Å². The molecule has 0 aromatic heterocycles. The van der Waals surface area contributed by atoms with E-state index in [9.17, 15) is 0 Å². The van der Waals surface area contributed by atoms with E-state index in [4.69, 9.17) is 0 Å². The van der Waals surface area contributed by atoms with E-state index in [-0.39, 0.29) is 7.92 Å². The topological polar surface area (TPSA) is 0 Å². The van der Waals surface area contributed by atoms with E-state index >= 15 is 0 Å². The number of benzene rings is 1. The Labute approximate surface area is 114 Å². The molecule has 0 bridgehead atoms. The van der Waals surface area contributed by atoms with Gasteiger partial charge in [-0.3, -0.25) is 0 Å². The highest BCUT2D eigenvalue weighted by molar-refractivity contribution is 7.65. The molecule has 4 atom stereocenters. The van der Waals surface area contributed by atoms with Gasteiger partial charge in [-0.2, -0.15) is 0 Å². The summed E-state index contributed by atoms with van der Waals surface area (Å²) in [5.74, 6) is 2.72. The molecule has 1 heteroatoms. The molecule has 4 unspecified atom stereocenters. The molecule has 0 nitrogen and oxygen atoms in total. The molecule has 1 aliphatic carbocycles. The Kier molecular flexibility index (Phi) is 4.84. The Morgan fingerprint density at radius 2 is 1.78 bits per heavy atom. The van der Waals surface area contributed by atoms with Crippen molar-refractivity contribution in [2.75, 3.05) is 6.66 Å². The van der Waals surface area contributed by atoms with Gasteiger partial charge < -0.3 is 0 Å². The SMILES string of the molecule is CC1CCC(C(C)C)C(P(C)c2ccccc2)C1. The molecule has 0 aliphatic heterocycles. The summed E-state index contributed by atoms with van der Waals surface area (Å²) in [5, 5.41) is 1.59. The van der Waals surface area contributed by atoms with E-state index in [0.29, 0.717) is 0 Å². The minimum atomic E-state index is 0.00778. The summed E-state index contributed by atoms with van der Waals surface area (Å²) in [6.07, 6.45) is 4.33. The molecule has 0 spiro atoms. The lowest BCUT2D eigenvalue weighted by Crippen LogP contribution is -2.32. The quantitative estimate of drug-likeness (QED) is 0.681. The van der Waals surface area contributed by atoms with Crippen LogP contribution in [0.2, 0.25) is 0 Å². The van der Waals surface area contributed by atoms with Crippen molar-refractivity contribution in [2.24, 2.45) is 17.8 Å². The maximum atomic E-state index is 2.50. The summed E-state index contributed by atoms with van der Waals surface area (Å²) in [4.78, 5) is 0. The van der Waals surface area contributed by atoms with Crippen molar-refractivity contribution in [3.05, 3.63) is 30.3 Å². The van der Waals surface area contributed by atoms with Crippen LogP contribution in [0.15, 0.2) is 30.3 Å². The molecule has 2 rings (SSSR count). The Morgan fingerprint density at radius 3 is 2.39 bits per heavy atom. The maximum absolute atomic E-state index is 2.50. The second kappa shape index (κ2) is 6.20. The van der Waals surface area contributed by atoms with Gasteiger partial charge >= 0.3 is 0 Å². The summed E-state index contributed by atoms with van der Waals surface area (Å²) >= 11 is 0. The Bertz CT molecular complexity index is 357. The maximum Gasteiger partial charge on any atom is -0.0138 e. The lowest BCUT2D eigenvalue weighted by atomic mass is 9.77. The first kappa shape index (κ1) is 14.1. The summed E-state index contributed by atoms with van der Waals surface area (Å²) < 4.78 is 0. The number of rotatable bonds is 3. The fraction of sp³-hybridized carbons (Fsp3) is 0.647. The Morgan fingerprint density at radius 1 is 1.11 bits per heavy atom. The molecule has 0 heterocycles. The first-order chi connectivity index (χ1) is 8.59. The minimum Gasteiger partial charge on any atom is -0.0750 e. The highest BCUT2D eigenvalue weighted by atomic mass is 31.1. The van der Waals surface area contributed by atoms with Gasteiger partial charge in [0.2, 0.25) is 0 Å². The van der Waals surface area contributed by atoms with Crippen LogP contribution in [0.3, 0.4) is 0 Å². The second-order valence-corrected chi connectivity index (χ2v) is 8.74. The molecule has 1 aromatic carbocycles. The molecular weight excluding hydrogens is 235 g/mol. The van der Waals surface area contributed by atoms with Crippen molar-refractivity contribution in [2.45, 2.75) is 45.7 Å². The second-order valence-electron chi connectivity index (χ2n) is 6.34. The third-order valence-electron chi connectivity index (χ3n) is 4.65. The first-order valence-electron chi connectivity index (χ1n) is 7.37. The van der Waals surface area contributed by atoms with Crippen molar-refractivity contribution in [1.29, 1.82) is 0 Å². The van der Waals surface area contributed by atoms with Gasteiger partial charge in [0.05, 0.1) is 0 Å². The van der Waals surface area contributed by atoms with Gasteiger partial charge in [0.25, 0.3) is 0 Å². The molecule has 1 aliphatic rings. The zero-order valence-corrected chi connectivity index (χ0v) is 13.2. The highest BCUT2D eigenvalue weighted by Gasteiger charge is 2.34. The van der Waals surface area contributed by atoms with Gasteiger partial charge in [0.1, 0.15) is 0 Å². The highest BCUT2D eigenvalue weighted by Crippen LogP contribution is 2.50. The van der Waals surface area contributed by atoms with Crippen molar-refractivity contribution in [1.82, 2.24) is 0 Å². The van der Waals surface area contributed by atoms with E-state index in [2.05, 4.69) is 57.8 Å². The van der Waals surface area contributed by atoms with Gasteiger partial charge in [0, 0.05) is 0 Å². The van der Waals surface area contributed by atoms with Crippen LogP contribution in [0.1, 0.15) is 40.0 Å². The van der Waals surface area contributed by atoms with Gasteiger partial charge in [-0.15, -0.1) is 0 Å². The van der Waals surface area contributed by atoms with Crippen LogP contribution in [-0.4, -0.2) is 12.3 Å². The summed E-state index contributed by atoms with van der Waals surface area (Å²) in [6.45, 7) is 9.78. The smallest absolute Gasteiger partial charge is 0.0138 e. The van der Waals surface area contributed by atoms with Gasteiger partial charge in [-0.1, -0.05) is 65.4 Å². The standard InChI is InChI=1S/C17H27P/c1-13(2)16-11-10-14(3)12-17(16)18(4)15-8-6-5-7-9-15/h5-9,13-14,16-17H,10-12H2,1-4H3. The number of hydrogen-bond donors (Lipinski definition) is 0. The van der Waals surface area contributed by atoms with Gasteiger partial charge in [-0.25, -0.2) is 0 Å². The van der Waals surface area contributed by atoms with E-state index in [0.717, 1.165) is 23.4 Å². The van der Waals surface area contributed by atoms with Gasteiger partial charge in [0.15, 0.2) is 0 Å². The molecule has 100 valence electrons.